The number of hydrogen-bond donors (Lipinski definition) is 3. The first-order valence-electron chi connectivity index (χ1n) is 7.85. The molecule has 0 aromatic heterocycles. The van der Waals surface area contributed by atoms with Crippen LogP contribution in [0.15, 0.2) is 47.3 Å². The third-order valence-electron chi connectivity index (χ3n) is 6.17. The first-order valence-corrected chi connectivity index (χ1v) is 7.85. The Morgan fingerprint density at radius 2 is 2.05 bits per heavy atom. The molecule has 1 saturated carbocycles. The van der Waals surface area contributed by atoms with Crippen molar-refractivity contribution < 1.29 is 15.3 Å². The molecule has 3 N–H and O–H groups in total. The van der Waals surface area contributed by atoms with Crippen LogP contribution in [0.4, 0.5) is 0 Å². The minimum Gasteiger partial charge on any atom is -0.508 e. The first-order chi connectivity index (χ1) is 10.0. The second-order valence-electron chi connectivity index (χ2n) is 7.22. The van der Waals surface area contributed by atoms with Gasteiger partial charge in [-0.05, 0) is 48.8 Å². The van der Waals surface area contributed by atoms with E-state index in [1.807, 2.05) is 6.08 Å². The molecule has 0 saturated heterocycles. The Hall–Kier alpha value is -1.32. The highest BCUT2D eigenvalue weighted by Crippen LogP contribution is 2.58. The predicted molar refractivity (Wildman–Crippen MR) is 80.5 cm³/mol. The van der Waals surface area contributed by atoms with Crippen molar-refractivity contribution in [3.05, 3.63) is 47.3 Å². The van der Waals surface area contributed by atoms with Crippen LogP contribution in [-0.4, -0.2) is 27.5 Å². The van der Waals surface area contributed by atoms with Gasteiger partial charge in [-0.25, -0.2) is 0 Å². The van der Waals surface area contributed by atoms with E-state index in [4.69, 9.17) is 0 Å². The molecule has 4 aliphatic rings. The van der Waals surface area contributed by atoms with Crippen LogP contribution >= 0.6 is 0 Å². The molecule has 4 aliphatic carbocycles. The Bertz CT molecular complexity index is 598. The van der Waals surface area contributed by atoms with Crippen LogP contribution in [0, 0.1) is 23.2 Å². The lowest BCUT2D eigenvalue weighted by Gasteiger charge is -2.46. The van der Waals surface area contributed by atoms with E-state index in [9.17, 15) is 15.3 Å². The summed E-state index contributed by atoms with van der Waals surface area (Å²) in [6.45, 7) is 2.12. The van der Waals surface area contributed by atoms with Crippen LogP contribution in [0.5, 0.6) is 0 Å². The summed E-state index contributed by atoms with van der Waals surface area (Å²) in [5, 5.41) is 30.1. The minimum absolute atomic E-state index is 0.199. The zero-order valence-corrected chi connectivity index (χ0v) is 12.2. The lowest BCUT2D eigenvalue weighted by atomic mass is 9.58. The fourth-order valence-electron chi connectivity index (χ4n) is 4.96. The molecular formula is C18H22O3. The molecule has 0 aromatic carbocycles. The number of aliphatic hydroxyl groups excluding tert-OH is 3. The summed E-state index contributed by atoms with van der Waals surface area (Å²) in [7, 11) is 0. The molecule has 0 radical (unpaired) electrons. The molecule has 112 valence electrons. The van der Waals surface area contributed by atoms with Crippen molar-refractivity contribution in [3.8, 4) is 0 Å². The molecule has 0 heterocycles. The van der Waals surface area contributed by atoms with Crippen molar-refractivity contribution >= 4 is 0 Å². The van der Waals surface area contributed by atoms with Gasteiger partial charge in [0.05, 0.1) is 12.2 Å². The van der Waals surface area contributed by atoms with Crippen LogP contribution in [-0.2, 0) is 0 Å². The van der Waals surface area contributed by atoms with Gasteiger partial charge in [0.2, 0.25) is 0 Å². The van der Waals surface area contributed by atoms with E-state index in [2.05, 4.69) is 25.2 Å². The summed E-state index contributed by atoms with van der Waals surface area (Å²) in [6.07, 6.45) is 11.5. The molecule has 0 aromatic rings. The molecule has 5 unspecified atom stereocenters. The second kappa shape index (κ2) is 4.34. The van der Waals surface area contributed by atoms with Gasteiger partial charge in [0.15, 0.2) is 0 Å². The summed E-state index contributed by atoms with van der Waals surface area (Å²) in [5.74, 6) is 1.33. The van der Waals surface area contributed by atoms with E-state index in [0.717, 1.165) is 12.8 Å². The van der Waals surface area contributed by atoms with Crippen molar-refractivity contribution in [1.29, 1.82) is 0 Å². The SMILES string of the molecule is C[C@]12CC=C3C4C=CC(O)=CC4=CCC3C1CC(O)C2O. The van der Waals surface area contributed by atoms with Gasteiger partial charge >= 0.3 is 0 Å². The highest BCUT2D eigenvalue weighted by atomic mass is 16.3. The molecule has 0 spiro atoms. The van der Waals surface area contributed by atoms with Crippen molar-refractivity contribution in [1.82, 2.24) is 0 Å². The van der Waals surface area contributed by atoms with E-state index in [1.165, 1.54) is 11.1 Å². The van der Waals surface area contributed by atoms with E-state index in [1.54, 1.807) is 6.08 Å². The van der Waals surface area contributed by atoms with E-state index in [-0.39, 0.29) is 11.3 Å². The van der Waals surface area contributed by atoms with Gasteiger partial charge in [0.1, 0.15) is 5.76 Å². The summed E-state index contributed by atoms with van der Waals surface area (Å²) >= 11 is 0. The Morgan fingerprint density at radius 3 is 2.86 bits per heavy atom. The van der Waals surface area contributed by atoms with E-state index in [0.29, 0.717) is 24.0 Å². The number of fused-ring (bicyclic) bond motifs is 5. The fourth-order valence-corrected chi connectivity index (χ4v) is 4.96. The van der Waals surface area contributed by atoms with Crippen molar-refractivity contribution in [2.24, 2.45) is 23.2 Å². The van der Waals surface area contributed by atoms with Crippen LogP contribution in [0.3, 0.4) is 0 Å². The molecule has 0 amide bonds. The average Bonchev–Trinajstić information content (AvgIpc) is 2.70. The number of allylic oxidation sites excluding steroid dienone is 7. The van der Waals surface area contributed by atoms with Crippen molar-refractivity contribution in [3.63, 3.8) is 0 Å². The van der Waals surface area contributed by atoms with Crippen LogP contribution in [0.25, 0.3) is 0 Å². The van der Waals surface area contributed by atoms with Gasteiger partial charge in [-0.3, -0.25) is 0 Å². The quantitative estimate of drug-likeness (QED) is 0.600. The third-order valence-corrected chi connectivity index (χ3v) is 6.17. The standard InChI is InChI=1S/C18H22O3/c1-18-7-6-13-12-5-3-11(19)8-10(12)2-4-14(13)15(18)9-16(20)17(18)21/h2-3,5-6,8,12,14-17,19-21H,4,7,9H2,1H3/t12?,14?,15?,16?,17?,18-/m0/s1. The van der Waals surface area contributed by atoms with Gasteiger partial charge in [-0.1, -0.05) is 30.7 Å². The first kappa shape index (κ1) is 13.4. The lowest BCUT2D eigenvalue weighted by molar-refractivity contribution is -0.0277. The monoisotopic (exact) mass is 286 g/mol. The molecule has 6 atom stereocenters. The van der Waals surface area contributed by atoms with Crippen molar-refractivity contribution in [2.45, 2.75) is 38.4 Å². The molecule has 4 rings (SSSR count). The Morgan fingerprint density at radius 1 is 1.24 bits per heavy atom. The number of aliphatic hydroxyl groups is 3. The zero-order chi connectivity index (χ0) is 14.8. The van der Waals surface area contributed by atoms with Crippen LogP contribution < -0.4 is 0 Å². The smallest absolute Gasteiger partial charge is 0.115 e. The summed E-state index contributed by atoms with van der Waals surface area (Å²) in [6, 6.07) is 0. The lowest BCUT2D eigenvalue weighted by Crippen LogP contribution is -2.42. The molecular weight excluding hydrogens is 264 g/mol. The van der Waals surface area contributed by atoms with Gasteiger partial charge in [0.25, 0.3) is 0 Å². The van der Waals surface area contributed by atoms with Crippen LogP contribution in [0.2, 0.25) is 0 Å². The van der Waals surface area contributed by atoms with E-state index < -0.39 is 12.2 Å². The second-order valence-corrected chi connectivity index (χ2v) is 7.22. The molecule has 0 aliphatic heterocycles. The fraction of sp³-hybridized carbons (Fsp3) is 0.556. The largest absolute Gasteiger partial charge is 0.508 e. The summed E-state index contributed by atoms with van der Waals surface area (Å²) < 4.78 is 0. The maximum atomic E-state index is 10.4. The maximum Gasteiger partial charge on any atom is 0.115 e. The Balaban J connectivity index is 1.73. The normalized spacial score (nSPS) is 47.8. The maximum absolute atomic E-state index is 10.4. The molecule has 1 fully saturated rings. The third kappa shape index (κ3) is 1.74. The number of hydrogen-bond acceptors (Lipinski definition) is 3. The average molecular weight is 286 g/mol. The topological polar surface area (TPSA) is 60.7 Å². The number of rotatable bonds is 0. The van der Waals surface area contributed by atoms with Crippen LogP contribution in [0.1, 0.15) is 26.2 Å². The molecule has 0 bridgehead atoms. The molecule has 3 heteroatoms. The van der Waals surface area contributed by atoms with Gasteiger partial charge in [0, 0.05) is 11.3 Å². The highest BCUT2D eigenvalue weighted by molar-refractivity contribution is 5.46. The van der Waals surface area contributed by atoms with Gasteiger partial charge < -0.3 is 15.3 Å². The highest BCUT2D eigenvalue weighted by Gasteiger charge is 2.56. The molecule has 21 heavy (non-hydrogen) atoms. The Labute approximate surface area is 125 Å². The minimum atomic E-state index is -0.614. The van der Waals surface area contributed by atoms with Gasteiger partial charge in [-0.2, -0.15) is 0 Å². The summed E-state index contributed by atoms with van der Waals surface area (Å²) in [4.78, 5) is 0. The Kier molecular flexibility index (Phi) is 2.76. The summed E-state index contributed by atoms with van der Waals surface area (Å²) in [5.41, 5.74) is 2.39. The van der Waals surface area contributed by atoms with Crippen molar-refractivity contribution in [2.75, 3.05) is 0 Å². The molecule has 3 nitrogen and oxygen atoms in total. The van der Waals surface area contributed by atoms with E-state index >= 15 is 0 Å². The predicted octanol–water partition coefficient (Wildman–Crippen LogP) is 2.64. The van der Waals surface area contributed by atoms with Gasteiger partial charge in [-0.15, -0.1) is 0 Å². The zero-order valence-electron chi connectivity index (χ0n) is 12.2.